The van der Waals surface area contributed by atoms with Gasteiger partial charge in [-0.3, -0.25) is 9.69 Å². The maximum absolute atomic E-state index is 12.6. The quantitative estimate of drug-likeness (QED) is 0.242. The largest absolute Gasteiger partial charge is 0.462 e. The van der Waals surface area contributed by atoms with E-state index in [-0.39, 0.29) is 24.5 Å². The molecule has 3 aromatic rings. The third-order valence-corrected chi connectivity index (χ3v) is 9.97. The molecule has 3 aliphatic heterocycles. The number of rotatable bonds is 10. The number of hydrogen-bond acceptors (Lipinski definition) is 8. The van der Waals surface area contributed by atoms with Gasteiger partial charge in [-0.2, -0.15) is 9.97 Å². The molecular formula is C36H44ClN7O3. The molecule has 11 heteroatoms. The van der Waals surface area contributed by atoms with E-state index in [1.807, 2.05) is 26.0 Å². The molecule has 2 fully saturated rings. The minimum absolute atomic E-state index is 0.151. The molecule has 2 atom stereocenters. The fraction of sp³-hybridized carbons (Fsp3) is 0.500. The molecule has 4 heterocycles. The third kappa shape index (κ3) is 7.33. The first kappa shape index (κ1) is 33.0. The summed E-state index contributed by atoms with van der Waals surface area (Å²) in [5.74, 6) is 0.675. The van der Waals surface area contributed by atoms with Gasteiger partial charge in [-0.05, 0) is 69.7 Å². The zero-order valence-electron chi connectivity index (χ0n) is 27.4. The summed E-state index contributed by atoms with van der Waals surface area (Å²) >= 11 is 6.73. The highest BCUT2D eigenvalue weighted by Crippen LogP contribution is 2.37. The number of piperazine rings is 1. The average molecular weight is 658 g/mol. The van der Waals surface area contributed by atoms with E-state index in [1.54, 1.807) is 4.90 Å². The number of halogens is 1. The van der Waals surface area contributed by atoms with Crippen LogP contribution in [0.15, 0.2) is 49.1 Å². The molecule has 0 saturated carbocycles. The first-order valence-corrected chi connectivity index (χ1v) is 17.0. The fourth-order valence-electron chi connectivity index (χ4n) is 7.14. The van der Waals surface area contributed by atoms with E-state index in [4.69, 9.17) is 32.9 Å². The Kier molecular flexibility index (Phi) is 9.88. The van der Waals surface area contributed by atoms with Crippen LogP contribution in [-0.2, 0) is 17.8 Å². The van der Waals surface area contributed by atoms with Crippen LogP contribution in [0.25, 0.3) is 15.6 Å². The number of anilines is 2. The van der Waals surface area contributed by atoms with Crippen molar-refractivity contribution in [3.05, 3.63) is 76.8 Å². The number of likely N-dealkylation sites (tertiary alicyclic amines) is 1. The van der Waals surface area contributed by atoms with Crippen molar-refractivity contribution in [2.24, 2.45) is 0 Å². The van der Waals surface area contributed by atoms with Crippen LogP contribution in [0.2, 0.25) is 5.02 Å². The number of carbonyl (C=O) groups is 1. The molecule has 0 radical (unpaired) electrons. The number of ether oxygens (including phenoxy) is 1. The Morgan fingerprint density at radius 3 is 2.72 bits per heavy atom. The van der Waals surface area contributed by atoms with Crippen molar-refractivity contribution in [1.82, 2.24) is 19.8 Å². The number of aromatic nitrogens is 2. The van der Waals surface area contributed by atoms with E-state index in [0.29, 0.717) is 45.2 Å². The Labute approximate surface area is 282 Å². The molecule has 248 valence electrons. The van der Waals surface area contributed by atoms with Crippen molar-refractivity contribution in [3.63, 3.8) is 0 Å². The smallest absolute Gasteiger partial charge is 0.318 e. The maximum atomic E-state index is 12.6. The Morgan fingerprint density at radius 1 is 1.15 bits per heavy atom. The number of benzene rings is 2. The van der Waals surface area contributed by atoms with E-state index >= 15 is 0 Å². The molecule has 0 spiro atoms. The zero-order valence-corrected chi connectivity index (χ0v) is 28.1. The van der Waals surface area contributed by atoms with Gasteiger partial charge in [0.1, 0.15) is 18.5 Å². The second kappa shape index (κ2) is 14.1. The van der Waals surface area contributed by atoms with Gasteiger partial charge in [0.25, 0.3) is 0 Å². The van der Waals surface area contributed by atoms with E-state index in [1.165, 1.54) is 6.08 Å². The van der Waals surface area contributed by atoms with E-state index < -0.39 is 5.60 Å². The van der Waals surface area contributed by atoms with Crippen molar-refractivity contribution in [3.8, 4) is 6.01 Å². The molecule has 47 heavy (non-hydrogen) atoms. The van der Waals surface area contributed by atoms with E-state index in [9.17, 15) is 9.90 Å². The summed E-state index contributed by atoms with van der Waals surface area (Å²) in [7, 11) is 0. The van der Waals surface area contributed by atoms with Gasteiger partial charge >= 0.3 is 6.01 Å². The lowest BCUT2D eigenvalue weighted by molar-refractivity contribution is -0.128. The Bertz CT molecular complexity index is 1660. The number of hydrogen-bond donors (Lipinski definition) is 1. The van der Waals surface area contributed by atoms with E-state index in [0.717, 1.165) is 77.5 Å². The lowest BCUT2D eigenvalue weighted by atomic mass is 10.0. The second-order valence-electron chi connectivity index (χ2n) is 13.4. The van der Waals surface area contributed by atoms with Gasteiger partial charge in [-0.1, -0.05) is 42.4 Å². The summed E-state index contributed by atoms with van der Waals surface area (Å²) in [4.78, 5) is 35.0. The summed E-state index contributed by atoms with van der Waals surface area (Å²) in [5, 5.41) is 13.1. The van der Waals surface area contributed by atoms with Gasteiger partial charge in [0, 0.05) is 55.4 Å². The predicted octanol–water partition coefficient (Wildman–Crippen LogP) is 4.97. The van der Waals surface area contributed by atoms with Gasteiger partial charge in [-0.25, -0.2) is 6.57 Å². The number of amides is 1. The van der Waals surface area contributed by atoms with Crippen molar-refractivity contribution < 1.29 is 14.6 Å². The lowest BCUT2D eigenvalue weighted by Crippen LogP contribution is -2.56. The highest BCUT2D eigenvalue weighted by atomic mass is 35.5. The monoisotopic (exact) mass is 657 g/mol. The van der Waals surface area contributed by atoms with Crippen molar-refractivity contribution in [2.75, 3.05) is 62.2 Å². The Morgan fingerprint density at radius 2 is 1.96 bits per heavy atom. The summed E-state index contributed by atoms with van der Waals surface area (Å²) in [6.45, 7) is 20.3. The SMILES string of the molecule is [C-]#[N+]C[C@H]1CN(c2nc(OC[C@@H]3CCCN3CCC(C)(C)O)nc3c2CCN(c2cccc4cccc(Cl)c24)C3)CCN1C(=O)C=C. The number of aliphatic hydroxyl groups is 1. The van der Waals surface area contributed by atoms with Crippen molar-refractivity contribution in [2.45, 2.75) is 63.8 Å². The number of fused-ring (bicyclic) bond motifs is 2. The van der Waals surface area contributed by atoms with Crippen LogP contribution in [0.5, 0.6) is 6.01 Å². The third-order valence-electron chi connectivity index (χ3n) is 9.65. The summed E-state index contributed by atoms with van der Waals surface area (Å²) < 4.78 is 6.41. The first-order chi connectivity index (χ1) is 22.6. The van der Waals surface area contributed by atoms with Crippen LogP contribution in [0.4, 0.5) is 11.5 Å². The normalized spacial score (nSPS) is 20.3. The summed E-state index contributed by atoms with van der Waals surface area (Å²) in [5.41, 5.74) is 2.36. The molecule has 2 saturated heterocycles. The molecule has 0 unspecified atom stereocenters. The standard InChI is InChI=1S/C36H44ClN7O3/c1-5-32(45)44-20-19-43(22-27(44)21-38-4)34-28-14-17-42(31-13-7-10-25-9-6-12-29(37)33(25)31)23-30(28)39-35(40-34)47-24-26-11-8-16-41(26)18-15-36(2,3)46/h5-7,9-10,12-13,26-27,46H,1,8,11,14-24H2,2-3H3/t26-,27-/m0/s1. The van der Waals surface area contributed by atoms with Gasteiger partial charge in [0.2, 0.25) is 12.5 Å². The topological polar surface area (TPSA) is 89.6 Å². The Hall–Kier alpha value is -3.91. The minimum atomic E-state index is -0.712. The second-order valence-corrected chi connectivity index (χ2v) is 13.8. The molecule has 3 aliphatic rings. The molecule has 0 aliphatic carbocycles. The highest BCUT2D eigenvalue weighted by molar-refractivity contribution is 6.36. The molecule has 1 N–H and O–H groups in total. The highest BCUT2D eigenvalue weighted by Gasteiger charge is 2.35. The maximum Gasteiger partial charge on any atom is 0.318 e. The van der Waals surface area contributed by atoms with Crippen LogP contribution in [0, 0.1) is 6.57 Å². The predicted molar refractivity (Wildman–Crippen MR) is 186 cm³/mol. The van der Waals surface area contributed by atoms with Gasteiger partial charge < -0.3 is 29.4 Å². The first-order valence-electron chi connectivity index (χ1n) is 16.6. The van der Waals surface area contributed by atoms with Crippen LogP contribution in [-0.4, -0.2) is 101 Å². The molecule has 2 aromatic carbocycles. The number of carbonyl (C=O) groups excluding carboxylic acids is 1. The van der Waals surface area contributed by atoms with Crippen LogP contribution < -0.4 is 14.5 Å². The zero-order chi connectivity index (χ0) is 33.1. The van der Waals surface area contributed by atoms with Gasteiger partial charge in [0.05, 0.1) is 22.9 Å². The fourth-order valence-corrected chi connectivity index (χ4v) is 7.42. The summed E-state index contributed by atoms with van der Waals surface area (Å²) in [6.07, 6.45) is 4.88. The van der Waals surface area contributed by atoms with Crippen LogP contribution >= 0.6 is 11.6 Å². The lowest BCUT2D eigenvalue weighted by Gasteiger charge is -2.41. The van der Waals surface area contributed by atoms with Gasteiger partial charge in [0.15, 0.2) is 0 Å². The number of nitrogens with zero attached hydrogens (tertiary/aromatic N) is 7. The molecule has 10 nitrogen and oxygen atoms in total. The molecular weight excluding hydrogens is 614 g/mol. The van der Waals surface area contributed by atoms with Crippen LogP contribution in [0.1, 0.15) is 44.4 Å². The Balaban J connectivity index is 1.30. The van der Waals surface area contributed by atoms with Crippen molar-refractivity contribution in [1.29, 1.82) is 0 Å². The molecule has 1 amide bonds. The minimum Gasteiger partial charge on any atom is -0.462 e. The van der Waals surface area contributed by atoms with Crippen LogP contribution in [0.3, 0.4) is 0 Å². The van der Waals surface area contributed by atoms with Crippen molar-refractivity contribution >= 4 is 39.8 Å². The summed E-state index contributed by atoms with van der Waals surface area (Å²) in [6, 6.07) is 12.6. The van der Waals surface area contributed by atoms with Gasteiger partial charge in [-0.15, -0.1) is 0 Å². The average Bonchev–Trinajstić information content (AvgIpc) is 3.52. The molecule has 6 rings (SSSR count). The molecule has 0 bridgehead atoms. The molecule has 1 aromatic heterocycles. The van der Waals surface area contributed by atoms with E-state index in [2.05, 4.69) is 50.4 Å².